The summed E-state index contributed by atoms with van der Waals surface area (Å²) in [5, 5.41) is 13.6. The molecule has 7 nitrogen and oxygen atoms in total. The van der Waals surface area contributed by atoms with Crippen molar-refractivity contribution in [3.63, 3.8) is 0 Å². The first kappa shape index (κ1) is 22.3. The predicted octanol–water partition coefficient (Wildman–Crippen LogP) is 5.37. The fraction of sp³-hybridized carbons (Fsp3) is 0.0800. The van der Waals surface area contributed by atoms with Gasteiger partial charge in [-0.15, -0.1) is 0 Å². The van der Waals surface area contributed by atoms with E-state index in [0.29, 0.717) is 33.9 Å². The lowest BCUT2D eigenvalue weighted by molar-refractivity contribution is -0.400. The summed E-state index contributed by atoms with van der Waals surface area (Å²) < 4.78 is 10.7. The molecule has 0 atom stereocenters. The molecule has 1 amide bonds. The number of nitrogens with one attached hydrogen (secondary N) is 1. The van der Waals surface area contributed by atoms with Crippen LogP contribution >= 0.6 is 0 Å². The van der Waals surface area contributed by atoms with Crippen molar-refractivity contribution in [2.24, 2.45) is 0 Å². The number of carbonyl (C=O) groups is 1. The fourth-order valence-electron chi connectivity index (χ4n) is 3.02. The van der Waals surface area contributed by atoms with Gasteiger partial charge in [0.25, 0.3) is 5.91 Å². The van der Waals surface area contributed by atoms with Gasteiger partial charge >= 0.3 is 0 Å². The maximum atomic E-state index is 12.3. The number of benzene rings is 3. The highest BCUT2D eigenvalue weighted by atomic mass is 16.6. The number of carbonyl (C=O) groups excluding carboxylic acids is 1. The summed E-state index contributed by atoms with van der Waals surface area (Å²) in [5.41, 5.74) is 3.40. The molecule has 1 N–H and O–H groups in total. The molecular formula is C25H22N2O5. The Morgan fingerprint density at radius 2 is 1.66 bits per heavy atom. The Labute approximate surface area is 185 Å². The number of rotatable bonds is 8. The van der Waals surface area contributed by atoms with Gasteiger partial charge in [0.1, 0.15) is 11.5 Å². The molecule has 0 bridgehead atoms. The average molecular weight is 430 g/mol. The molecule has 0 heterocycles. The number of ether oxygens (including phenoxy) is 2. The number of anilines is 1. The van der Waals surface area contributed by atoms with Gasteiger partial charge in [0.15, 0.2) is 0 Å². The molecule has 32 heavy (non-hydrogen) atoms. The van der Waals surface area contributed by atoms with Crippen molar-refractivity contribution in [2.75, 3.05) is 19.5 Å². The van der Waals surface area contributed by atoms with Gasteiger partial charge in [0.05, 0.1) is 19.1 Å². The third kappa shape index (κ3) is 5.82. The third-order valence-corrected chi connectivity index (χ3v) is 4.63. The monoisotopic (exact) mass is 430 g/mol. The van der Waals surface area contributed by atoms with Gasteiger partial charge in [-0.1, -0.05) is 42.5 Å². The van der Waals surface area contributed by atoms with E-state index < -0.39 is 4.92 Å². The highest BCUT2D eigenvalue weighted by Crippen LogP contribution is 2.31. The summed E-state index contributed by atoms with van der Waals surface area (Å²) in [6.07, 6.45) is 5.94. The Hall–Kier alpha value is -4.39. The highest BCUT2D eigenvalue weighted by molar-refractivity contribution is 6.04. The standard InChI is InChI=1S/C25H22N2O5/c1-31-22-16-20(23(14-15-27(29)30)24(17-22)32-2)11-8-18-9-12-21(13-10-18)26-25(28)19-6-4-3-5-7-19/h3-17H,1-2H3,(H,26,28)/b11-8+,15-14+. The Kier molecular flexibility index (Phi) is 7.37. The summed E-state index contributed by atoms with van der Waals surface area (Å²) in [5.74, 6) is 0.847. The van der Waals surface area contributed by atoms with Crippen molar-refractivity contribution in [2.45, 2.75) is 0 Å². The zero-order valence-corrected chi connectivity index (χ0v) is 17.6. The van der Waals surface area contributed by atoms with Crippen molar-refractivity contribution in [3.8, 4) is 11.5 Å². The van der Waals surface area contributed by atoms with Crippen molar-refractivity contribution >= 4 is 29.8 Å². The molecule has 3 rings (SSSR count). The summed E-state index contributed by atoms with van der Waals surface area (Å²) in [6, 6.07) is 19.8. The van der Waals surface area contributed by atoms with E-state index in [-0.39, 0.29) is 5.91 Å². The second-order valence-electron chi connectivity index (χ2n) is 6.71. The van der Waals surface area contributed by atoms with Crippen LogP contribution in [0.15, 0.2) is 72.9 Å². The lowest BCUT2D eigenvalue weighted by Gasteiger charge is -2.11. The maximum Gasteiger partial charge on any atom is 0.255 e. The van der Waals surface area contributed by atoms with Gasteiger partial charge < -0.3 is 14.8 Å². The van der Waals surface area contributed by atoms with Crippen LogP contribution in [0.4, 0.5) is 5.69 Å². The van der Waals surface area contributed by atoms with Crippen LogP contribution in [-0.2, 0) is 0 Å². The summed E-state index contributed by atoms with van der Waals surface area (Å²) in [7, 11) is 3.03. The van der Waals surface area contributed by atoms with Crippen LogP contribution in [0.1, 0.15) is 27.0 Å². The SMILES string of the molecule is COc1cc(/C=C/c2ccc(NC(=O)c3ccccc3)cc2)c(/C=C/[N+](=O)[O-])c(OC)c1. The molecule has 0 unspecified atom stereocenters. The van der Waals surface area contributed by atoms with Crippen LogP contribution in [0.5, 0.6) is 11.5 Å². The molecule has 0 aromatic heterocycles. The Morgan fingerprint density at radius 3 is 2.28 bits per heavy atom. The number of hydrogen-bond donors (Lipinski definition) is 1. The molecular weight excluding hydrogens is 408 g/mol. The molecule has 7 heteroatoms. The molecule has 0 fully saturated rings. The molecule has 0 aliphatic heterocycles. The first-order valence-electron chi connectivity index (χ1n) is 9.72. The van der Waals surface area contributed by atoms with E-state index in [2.05, 4.69) is 5.32 Å². The second kappa shape index (κ2) is 10.6. The van der Waals surface area contributed by atoms with Crippen molar-refractivity contribution in [1.82, 2.24) is 0 Å². The van der Waals surface area contributed by atoms with E-state index in [9.17, 15) is 14.9 Å². The second-order valence-corrected chi connectivity index (χ2v) is 6.71. The predicted molar refractivity (Wildman–Crippen MR) is 125 cm³/mol. The normalized spacial score (nSPS) is 10.9. The number of nitro groups is 1. The summed E-state index contributed by atoms with van der Waals surface area (Å²) >= 11 is 0. The average Bonchev–Trinajstić information content (AvgIpc) is 2.82. The molecule has 0 saturated carbocycles. The lowest BCUT2D eigenvalue weighted by Crippen LogP contribution is -2.11. The lowest BCUT2D eigenvalue weighted by atomic mass is 10.0. The molecule has 162 valence electrons. The first-order valence-corrected chi connectivity index (χ1v) is 9.72. The summed E-state index contributed by atoms with van der Waals surface area (Å²) in [6.45, 7) is 0. The Bertz CT molecular complexity index is 1150. The largest absolute Gasteiger partial charge is 0.497 e. The molecule has 0 saturated heterocycles. The minimum atomic E-state index is -0.528. The third-order valence-electron chi connectivity index (χ3n) is 4.63. The number of nitrogens with zero attached hydrogens (tertiary/aromatic N) is 1. The van der Waals surface area contributed by atoms with E-state index in [1.165, 1.54) is 20.3 Å². The van der Waals surface area contributed by atoms with E-state index in [0.717, 1.165) is 11.8 Å². The maximum absolute atomic E-state index is 12.3. The zero-order chi connectivity index (χ0) is 22.9. The minimum absolute atomic E-state index is 0.181. The van der Waals surface area contributed by atoms with Gasteiger partial charge in [-0.3, -0.25) is 14.9 Å². The van der Waals surface area contributed by atoms with Gasteiger partial charge in [0.2, 0.25) is 6.20 Å². The zero-order valence-electron chi connectivity index (χ0n) is 17.6. The topological polar surface area (TPSA) is 90.7 Å². The van der Waals surface area contributed by atoms with Crippen LogP contribution in [-0.4, -0.2) is 25.1 Å². The Balaban J connectivity index is 1.82. The Morgan fingerprint density at radius 1 is 0.938 bits per heavy atom. The molecule has 0 aliphatic rings. The number of hydrogen-bond acceptors (Lipinski definition) is 5. The van der Waals surface area contributed by atoms with Gasteiger partial charge in [-0.2, -0.15) is 0 Å². The van der Waals surface area contributed by atoms with Gasteiger partial charge in [0, 0.05) is 29.0 Å². The fourth-order valence-corrected chi connectivity index (χ4v) is 3.02. The highest BCUT2D eigenvalue weighted by Gasteiger charge is 2.10. The molecule has 0 radical (unpaired) electrons. The minimum Gasteiger partial charge on any atom is -0.497 e. The van der Waals surface area contributed by atoms with Crippen LogP contribution in [0.25, 0.3) is 18.2 Å². The van der Waals surface area contributed by atoms with E-state index in [1.807, 2.05) is 42.5 Å². The van der Waals surface area contributed by atoms with E-state index in [1.54, 1.807) is 36.4 Å². The van der Waals surface area contributed by atoms with E-state index in [4.69, 9.17) is 9.47 Å². The molecule has 3 aromatic carbocycles. The quantitative estimate of drug-likeness (QED) is 0.295. The van der Waals surface area contributed by atoms with Crippen LogP contribution in [0.3, 0.4) is 0 Å². The first-order chi connectivity index (χ1) is 15.5. The van der Waals surface area contributed by atoms with Crippen LogP contribution < -0.4 is 14.8 Å². The smallest absolute Gasteiger partial charge is 0.255 e. The summed E-state index contributed by atoms with van der Waals surface area (Å²) in [4.78, 5) is 22.5. The molecule has 0 aliphatic carbocycles. The van der Waals surface area contributed by atoms with Gasteiger partial charge in [-0.25, -0.2) is 0 Å². The number of amides is 1. The van der Waals surface area contributed by atoms with Crippen LogP contribution in [0.2, 0.25) is 0 Å². The van der Waals surface area contributed by atoms with Crippen molar-refractivity contribution in [3.05, 3.63) is 105 Å². The van der Waals surface area contributed by atoms with Crippen molar-refractivity contribution in [1.29, 1.82) is 0 Å². The van der Waals surface area contributed by atoms with Gasteiger partial charge in [-0.05, 0) is 41.5 Å². The molecule has 3 aromatic rings. The van der Waals surface area contributed by atoms with Crippen LogP contribution in [0, 0.1) is 10.1 Å². The van der Waals surface area contributed by atoms with E-state index >= 15 is 0 Å². The van der Waals surface area contributed by atoms with Crippen molar-refractivity contribution < 1.29 is 19.2 Å². The number of methoxy groups -OCH3 is 2. The molecule has 0 spiro atoms.